The van der Waals surface area contributed by atoms with E-state index in [1.165, 1.54) is 14.2 Å². The minimum absolute atomic E-state index is 0.0604. The fourth-order valence-electron chi connectivity index (χ4n) is 9.01. The average molecular weight is 762 g/mol. The number of rotatable bonds is 11. The van der Waals surface area contributed by atoms with Gasteiger partial charge in [0, 0.05) is 30.4 Å². The zero-order chi connectivity index (χ0) is 39.4. The lowest BCUT2D eigenvalue weighted by Crippen LogP contribution is -2.54. The van der Waals surface area contributed by atoms with Crippen molar-refractivity contribution in [2.24, 2.45) is 28.7 Å². The van der Waals surface area contributed by atoms with E-state index in [0.29, 0.717) is 18.3 Å². The molecule has 8 rings (SSSR count). The predicted octanol–water partition coefficient (Wildman–Crippen LogP) is 6.34. The summed E-state index contributed by atoms with van der Waals surface area (Å²) < 4.78 is 9.60. The Kier molecular flexibility index (Phi) is 9.96. The Balaban J connectivity index is 0.902. The maximum absolute atomic E-state index is 13.8. The smallest absolute Gasteiger partial charge is 0.407 e. The molecule has 0 radical (unpaired) electrons. The van der Waals surface area contributed by atoms with Crippen molar-refractivity contribution < 1.29 is 28.7 Å². The highest BCUT2D eigenvalue weighted by Gasteiger charge is 2.57. The van der Waals surface area contributed by atoms with Crippen molar-refractivity contribution in [2.75, 3.05) is 14.2 Å². The second-order valence-electron chi connectivity index (χ2n) is 16.6. The summed E-state index contributed by atoms with van der Waals surface area (Å²) in [5.41, 5.74) is 7.28. The van der Waals surface area contributed by atoms with Gasteiger partial charge in [-0.05, 0) is 77.2 Å². The fourth-order valence-corrected chi connectivity index (χ4v) is 9.01. The van der Waals surface area contributed by atoms with E-state index >= 15 is 0 Å². The van der Waals surface area contributed by atoms with Crippen LogP contribution in [-0.2, 0) is 19.1 Å². The van der Waals surface area contributed by atoms with Gasteiger partial charge in [0.15, 0.2) is 0 Å². The number of benzene rings is 2. The fraction of sp³-hybridized carbons (Fsp3) is 0.488. The number of aliphatic imine (C=N–C) groups is 1. The number of carbonyl (C=O) groups excluding carboxylic acids is 4. The van der Waals surface area contributed by atoms with Crippen LogP contribution in [0.5, 0.6) is 0 Å². The van der Waals surface area contributed by atoms with Crippen LogP contribution in [0.15, 0.2) is 65.9 Å². The summed E-state index contributed by atoms with van der Waals surface area (Å²) in [6, 6.07) is 15.7. The minimum atomic E-state index is -0.673. The van der Waals surface area contributed by atoms with Gasteiger partial charge in [0.25, 0.3) is 0 Å². The molecule has 56 heavy (non-hydrogen) atoms. The van der Waals surface area contributed by atoms with Crippen molar-refractivity contribution in [1.29, 1.82) is 0 Å². The Hall–Kier alpha value is -5.46. The molecule has 3 aromatic rings. The van der Waals surface area contributed by atoms with Gasteiger partial charge in [0.1, 0.15) is 17.9 Å². The second kappa shape index (κ2) is 14.9. The lowest BCUT2D eigenvalue weighted by atomic mass is 9.95. The van der Waals surface area contributed by atoms with Crippen molar-refractivity contribution in [3.63, 3.8) is 0 Å². The number of likely N-dealkylation sites (tertiary alicyclic amines) is 2. The van der Waals surface area contributed by atoms with Gasteiger partial charge in [-0.1, -0.05) is 76.2 Å². The van der Waals surface area contributed by atoms with Crippen LogP contribution in [-0.4, -0.2) is 93.9 Å². The van der Waals surface area contributed by atoms with Crippen LogP contribution in [0.4, 0.5) is 9.59 Å². The molecule has 2 saturated heterocycles. The van der Waals surface area contributed by atoms with Crippen molar-refractivity contribution in [1.82, 2.24) is 30.4 Å². The second-order valence-corrected chi connectivity index (χ2v) is 16.6. The molecular weight excluding hydrogens is 711 g/mol. The number of carbonyl (C=O) groups is 4. The quantitative estimate of drug-likeness (QED) is 0.206. The van der Waals surface area contributed by atoms with E-state index < -0.39 is 24.3 Å². The molecule has 0 spiro atoms. The van der Waals surface area contributed by atoms with Crippen LogP contribution in [0.2, 0.25) is 0 Å². The van der Waals surface area contributed by atoms with Crippen LogP contribution < -0.4 is 10.6 Å². The van der Waals surface area contributed by atoms with Crippen molar-refractivity contribution in [2.45, 2.75) is 96.1 Å². The number of aromatic nitrogens is 2. The van der Waals surface area contributed by atoms with Gasteiger partial charge < -0.3 is 34.9 Å². The van der Waals surface area contributed by atoms with E-state index in [1.54, 1.807) is 0 Å². The van der Waals surface area contributed by atoms with Gasteiger partial charge in [0.05, 0.1) is 38.2 Å². The summed E-state index contributed by atoms with van der Waals surface area (Å²) in [6.07, 6.45) is 6.97. The Morgan fingerprint density at radius 3 is 1.70 bits per heavy atom. The van der Waals surface area contributed by atoms with E-state index in [1.807, 2.05) is 49.9 Å². The first-order chi connectivity index (χ1) is 26.9. The molecule has 13 heteroatoms. The van der Waals surface area contributed by atoms with Gasteiger partial charge in [-0.25, -0.2) is 14.6 Å². The van der Waals surface area contributed by atoms with Gasteiger partial charge in [-0.2, -0.15) is 0 Å². The van der Waals surface area contributed by atoms with Crippen LogP contribution >= 0.6 is 0 Å². The zero-order valence-electron chi connectivity index (χ0n) is 32.8. The van der Waals surface area contributed by atoms with Crippen LogP contribution in [0.1, 0.15) is 77.2 Å². The summed E-state index contributed by atoms with van der Waals surface area (Å²) >= 11 is 0. The molecule has 4 amide bonds. The van der Waals surface area contributed by atoms with E-state index in [4.69, 9.17) is 19.5 Å². The summed E-state index contributed by atoms with van der Waals surface area (Å²) in [6.45, 7) is 7.71. The summed E-state index contributed by atoms with van der Waals surface area (Å²) in [7, 11) is 2.61. The van der Waals surface area contributed by atoms with Crippen LogP contribution in [0, 0.1) is 23.7 Å². The molecule has 4 heterocycles. The monoisotopic (exact) mass is 761 g/mol. The standard InChI is InChI=1S/C43H51N7O6/c1-22(2)37(47-42(53)55-5)40(51)49-33-16-28(33)18-35(49)31-15-30(20-44-31)26-9-7-24(8-10-26)25-11-13-27(14-12-25)32-21-45-39(46-32)36-19-29-17-34(29)50(36)41(52)38(23(3)4)48-43(54)56-6/h7-14,20-23,28-29,33-38H,15-19H2,1-6H3,(H,45,46)(H,47,53)(H,48,54)/t28-,29-,33-,34-,35?,36+,37+,38+/m1/s1. The van der Waals surface area contributed by atoms with Gasteiger partial charge >= 0.3 is 12.2 Å². The lowest BCUT2D eigenvalue weighted by molar-refractivity contribution is -0.137. The molecule has 1 unspecified atom stereocenters. The Labute approximate surface area is 327 Å². The van der Waals surface area contributed by atoms with Crippen LogP contribution in [0.25, 0.3) is 28.0 Å². The number of aromatic amines is 1. The first kappa shape index (κ1) is 37.5. The van der Waals surface area contributed by atoms with Crippen molar-refractivity contribution in [3.8, 4) is 22.4 Å². The first-order valence-corrected chi connectivity index (χ1v) is 19.8. The van der Waals surface area contributed by atoms with Crippen molar-refractivity contribution >= 4 is 35.3 Å². The number of ether oxygens (including phenoxy) is 2. The topological polar surface area (TPSA) is 158 Å². The maximum Gasteiger partial charge on any atom is 0.407 e. The third kappa shape index (κ3) is 7.07. The summed E-state index contributed by atoms with van der Waals surface area (Å²) in [4.78, 5) is 68.6. The molecule has 2 saturated carbocycles. The van der Waals surface area contributed by atoms with E-state index in [9.17, 15) is 19.2 Å². The number of hydrogen-bond donors (Lipinski definition) is 3. The maximum atomic E-state index is 13.8. The number of hydrogen-bond acceptors (Lipinski definition) is 8. The molecule has 5 aliphatic rings. The highest BCUT2D eigenvalue weighted by Crippen LogP contribution is 2.53. The third-order valence-electron chi connectivity index (χ3n) is 12.3. The Morgan fingerprint density at radius 1 is 0.696 bits per heavy atom. The number of amides is 4. The predicted molar refractivity (Wildman–Crippen MR) is 211 cm³/mol. The molecular formula is C43H51N7O6. The van der Waals surface area contributed by atoms with Crippen molar-refractivity contribution in [3.05, 3.63) is 72.3 Å². The number of nitrogens with zero attached hydrogens (tertiary/aromatic N) is 4. The molecule has 1 aromatic heterocycles. The van der Waals surface area contributed by atoms with Gasteiger partial charge in [0.2, 0.25) is 11.8 Å². The van der Waals surface area contributed by atoms with E-state index in [0.717, 1.165) is 70.7 Å². The molecule has 2 aliphatic carbocycles. The highest BCUT2D eigenvalue weighted by molar-refractivity contribution is 6.04. The molecule has 8 atom stereocenters. The number of fused-ring (bicyclic) bond motifs is 2. The molecule has 13 nitrogen and oxygen atoms in total. The minimum Gasteiger partial charge on any atom is -0.453 e. The molecule has 3 aliphatic heterocycles. The SMILES string of the molecule is COC(=O)N[C@H](C(=O)N1C(C2=NC=C(c3ccc(-c4ccc(-c5cnc([C@@H]6C[C@H]7C[C@H]7N6C(=O)[C@@H](NC(=O)OC)C(C)C)[nH]5)cc4)cc3)C2)C[C@H]2C[C@H]21)C(C)C. The number of alkyl carbamates (subject to hydrolysis) is 2. The van der Waals surface area contributed by atoms with Gasteiger partial charge in [-0.15, -0.1) is 0 Å². The molecule has 2 aromatic carbocycles. The van der Waals surface area contributed by atoms with Gasteiger partial charge in [-0.3, -0.25) is 14.6 Å². The zero-order valence-corrected chi connectivity index (χ0v) is 32.8. The molecule has 4 fully saturated rings. The summed E-state index contributed by atoms with van der Waals surface area (Å²) in [5.74, 6) is 1.37. The first-order valence-electron chi connectivity index (χ1n) is 19.8. The Bertz CT molecular complexity index is 2070. The number of methoxy groups -OCH3 is 2. The van der Waals surface area contributed by atoms with Crippen LogP contribution in [0.3, 0.4) is 0 Å². The van der Waals surface area contributed by atoms with E-state index in [2.05, 4.69) is 64.1 Å². The number of imidazole rings is 1. The number of nitrogens with one attached hydrogen (secondary N) is 3. The molecule has 0 bridgehead atoms. The number of allylic oxidation sites excluding steroid dienone is 1. The van der Waals surface area contributed by atoms with E-state index in [-0.39, 0.29) is 47.8 Å². The number of H-pyrrole nitrogens is 1. The lowest BCUT2D eigenvalue weighted by Gasteiger charge is -2.33. The Morgan fingerprint density at radius 2 is 1.18 bits per heavy atom. The molecule has 294 valence electrons. The normalized spacial score (nSPS) is 25.6. The number of piperidine rings is 2. The average Bonchev–Trinajstić information content (AvgIpc) is 3.79. The highest BCUT2D eigenvalue weighted by atomic mass is 16.5. The summed E-state index contributed by atoms with van der Waals surface area (Å²) in [5, 5.41) is 5.49. The molecule has 3 N–H and O–H groups in total. The largest absolute Gasteiger partial charge is 0.453 e. The third-order valence-corrected chi connectivity index (χ3v) is 12.3.